The maximum atomic E-state index is 8.63. The van der Waals surface area contributed by atoms with Crippen LogP contribution in [0, 0.1) is 13.8 Å². The summed E-state index contributed by atoms with van der Waals surface area (Å²) >= 11 is 0. The topological polar surface area (TPSA) is 32.3 Å². The molecular formula is C13H21NO. The molecule has 0 heterocycles. The fourth-order valence-electron chi connectivity index (χ4n) is 1.63. The Morgan fingerprint density at radius 2 is 2.00 bits per heavy atom. The van der Waals surface area contributed by atoms with Gasteiger partial charge in [0.1, 0.15) is 0 Å². The molecule has 84 valence electrons. The Hall–Kier alpha value is -0.860. The normalized spacial score (nSPS) is 10.6. The molecule has 0 aliphatic heterocycles. The Balaban J connectivity index is 2.31. The summed E-state index contributed by atoms with van der Waals surface area (Å²) < 4.78 is 0. The third-order valence-corrected chi connectivity index (χ3v) is 2.58. The van der Waals surface area contributed by atoms with Gasteiger partial charge >= 0.3 is 0 Å². The molecule has 15 heavy (non-hydrogen) atoms. The largest absolute Gasteiger partial charge is 0.396 e. The summed E-state index contributed by atoms with van der Waals surface area (Å²) in [6.07, 6.45) is 1.93. The highest BCUT2D eigenvalue weighted by Crippen LogP contribution is 2.09. The van der Waals surface area contributed by atoms with Crippen LogP contribution in [0.2, 0.25) is 0 Å². The second-order valence-electron chi connectivity index (χ2n) is 4.04. The third kappa shape index (κ3) is 4.45. The standard InChI is InChI=1S/C13H21NO/c1-11-5-6-13(12(2)9-11)10-14-7-3-4-8-15/h5-6,9,14-15H,3-4,7-8,10H2,1-2H3. The predicted octanol–water partition coefficient (Wildman–Crippen LogP) is 2.17. The smallest absolute Gasteiger partial charge is 0.0431 e. The summed E-state index contributed by atoms with van der Waals surface area (Å²) in [5, 5.41) is 12.0. The van der Waals surface area contributed by atoms with E-state index in [2.05, 4.69) is 37.4 Å². The van der Waals surface area contributed by atoms with Crippen molar-refractivity contribution in [1.82, 2.24) is 5.32 Å². The highest BCUT2D eigenvalue weighted by Gasteiger charge is 1.97. The molecule has 0 spiro atoms. The molecule has 0 aliphatic carbocycles. The van der Waals surface area contributed by atoms with Gasteiger partial charge in [0.25, 0.3) is 0 Å². The monoisotopic (exact) mass is 207 g/mol. The van der Waals surface area contributed by atoms with Crippen molar-refractivity contribution in [2.45, 2.75) is 33.2 Å². The van der Waals surface area contributed by atoms with Gasteiger partial charge in [0.05, 0.1) is 0 Å². The van der Waals surface area contributed by atoms with Crippen molar-refractivity contribution in [1.29, 1.82) is 0 Å². The van der Waals surface area contributed by atoms with Gasteiger partial charge in [-0.2, -0.15) is 0 Å². The van der Waals surface area contributed by atoms with Gasteiger partial charge in [-0.15, -0.1) is 0 Å². The molecule has 2 nitrogen and oxygen atoms in total. The molecule has 1 aromatic rings. The average molecular weight is 207 g/mol. The number of nitrogens with one attached hydrogen (secondary N) is 1. The van der Waals surface area contributed by atoms with Crippen molar-refractivity contribution in [2.24, 2.45) is 0 Å². The van der Waals surface area contributed by atoms with Gasteiger partial charge in [-0.3, -0.25) is 0 Å². The molecule has 0 aromatic heterocycles. The van der Waals surface area contributed by atoms with Crippen molar-refractivity contribution >= 4 is 0 Å². The van der Waals surface area contributed by atoms with E-state index in [1.807, 2.05) is 0 Å². The molecule has 0 bridgehead atoms. The van der Waals surface area contributed by atoms with E-state index in [0.717, 1.165) is 25.9 Å². The third-order valence-electron chi connectivity index (χ3n) is 2.58. The van der Waals surface area contributed by atoms with Crippen LogP contribution in [-0.2, 0) is 6.54 Å². The quantitative estimate of drug-likeness (QED) is 0.701. The van der Waals surface area contributed by atoms with E-state index in [1.165, 1.54) is 16.7 Å². The van der Waals surface area contributed by atoms with E-state index < -0.39 is 0 Å². The number of unbranched alkanes of at least 4 members (excludes halogenated alkanes) is 1. The maximum Gasteiger partial charge on any atom is 0.0431 e. The van der Waals surface area contributed by atoms with Crippen molar-refractivity contribution in [3.05, 3.63) is 34.9 Å². The molecule has 0 radical (unpaired) electrons. The summed E-state index contributed by atoms with van der Waals surface area (Å²) in [5.74, 6) is 0. The van der Waals surface area contributed by atoms with E-state index in [0.29, 0.717) is 6.61 Å². The highest BCUT2D eigenvalue weighted by atomic mass is 16.2. The van der Waals surface area contributed by atoms with Crippen LogP contribution in [0.1, 0.15) is 29.5 Å². The molecule has 1 rings (SSSR count). The Morgan fingerprint density at radius 3 is 2.67 bits per heavy atom. The molecule has 0 unspecified atom stereocenters. The molecule has 0 atom stereocenters. The SMILES string of the molecule is Cc1ccc(CNCCCCO)c(C)c1. The van der Waals surface area contributed by atoms with Crippen LogP contribution in [0.15, 0.2) is 18.2 Å². The number of benzene rings is 1. The molecule has 0 aliphatic rings. The van der Waals surface area contributed by atoms with Crippen LogP contribution in [0.3, 0.4) is 0 Å². The minimum Gasteiger partial charge on any atom is -0.396 e. The predicted molar refractivity (Wildman–Crippen MR) is 63.9 cm³/mol. The Labute approximate surface area is 92.3 Å². The Kier molecular flexibility index (Phi) is 5.37. The van der Waals surface area contributed by atoms with Crippen LogP contribution in [0.4, 0.5) is 0 Å². The molecule has 0 amide bonds. The molecule has 2 N–H and O–H groups in total. The Bertz CT molecular complexity index is 297. The van der Waals surface area contributed by atoms with Crippen LogP contribution in [0.5, 0.6) is 0 Å². The first kappa shape index (κ1) is 12.2. The number of aryl methyl sites for hydroxylation is 2. The van der Waals surface area contributed by atoms with Gasteiger partial charge in [0, 0.05) is 13.2 Å². The molecule has 2 heteroatoms. The van der Waals surface area contributed by atoms with Crippen molar-refractivity contribution in [3.63, 3.8) is 0 Å². The van der Waals surface area contributed by atoms with Crippen LogP contribution in [-0.4, -0.2) is 18.3 Å². The number of aliphatic hydroxyl groups is 1. The summed E-state index contributed by atoms with van der Waals surface area (Å²) in [7, 11) is 0. The fraction of sp³-hybridized carbons (Fsp3) is 0.538. The van der Waals surface area contributed by atoms with Crippen molar-refractivity contribution in [2.75, 3.05) is 13.2 Å². The first-order chi connectivity index (χ1) is 7.24. The summed E-state index contributed by atoms with van der Waals surface area (Å²) in [5.41, 5.74) is 4.03. The summed E-state index contributed by atoms with van der Waals surface area (Å²) in [6.45, 7) is 6.47. The maximum absolute atomic E-state index is 8.63. The van der Waals surface area contributed by atoms with E-state index in [9.17, 15) is 0 Å². The van der Waals surface area contributed by atoms with E-state index in [-0.39, 0.29) is 0 Å². The Morgan fingerprint density at radius 1 is 1.20 bits per heavy atom. The van der Waals surface area contributed by atoms with Gasteiger partial charge in [-0.25, -0.2) is 0 Å². The second-order valence-corrected chi connectivity index (χ2v) is 4.04. The lowest BCUT2D eigenvalue weighted by Crippen LogP contribution is -2.15. The van der Waals surface area contributed by atoms with Gasteiger partial charge in [-0.1, -0.05) is 23.8 Å². The zero-order chi connectivity index (χ0) is 11.1. The molecular weight excluding hydrogens is 186 g/mol. The summed E-state index contributed by atoms with van der Waals surface area (Å²) in [4.78, 5) is 0. The lowest BCUT2D eigenvalue weighted by atomic mass is 10.1. The van der Waals surface area contributed by atoms with Gasteiger partial charge in [0.15, 0.2) is 0 Å². The lowest BCUT2D eigenvalue weighted by molar-refractivity contribution is 0.283. The zero-order valence-electron chi connectivity index (χ0n) is 9.71. The minimum absolute atomic E-state index is 0.297. The first-order valence-corrected chi connectivity index (χ1v) is 5.61. The zero-order valence-corrected chi connectivity index (χ0v) is 9.71. The van der Waals surface area contributed by atoms with Gasteiger partial charge < -0.3 is 10.4 Å². The molecule has 1 aromatic carbocycles. The lowest BCUT2D eigenvalue weighted by Gasteiger charge is -2.08. The molecule has 0 saturated carbocycles. The van der Waals surface area contributed by atoms with Gasteiger partial charge in [-0.05, 0) is 44.4 Å². The van der Waals surface area contributed by atoms with E-state index >= 15 is 0 Å². The highest BCUT2D eigenvalue weighted by molar-refractivity contribution is 5.30. The minimum atomic E-state index is 0.297. The van der Waals surface area contributed by atoms with Gasteiger partial charge in [0.2, 0.25) is 0 Å². The number of rotatable bonds is 6. The summed E-state index contributed by atoms with van der Waals surface area (Å²) in [6, 6.07) is 6.55. The molecule has 0 fully saturated rings. The fourth-order valence-corrected chi connectivity index (χ4v) is 1.63. The number of hydrogen-bond donors (Lipinski definition) is 2. The van der Waals surface area contributed by atoms with Crippen LogP contribution >= 0.6 is 0 Å². The van der Waals surface area contributed by atoms with E-state index in [1.54, 1.807) is 0 Å². The van der Waals surface area contributed by atoms with Crippen LogP contribution in [0.25, 0.3) is 0 Å². The average Bonchev–Trinajstić information content (AvgIpc) is 2.20. The first-order valence-electron chi connectivity index (χ1n) is 5.61. The van der Waals surface area contributed by atoms with E-state index in [4.69, 9.17) is 5.11 Å². The number of hydrogen-bond acceptors (Lipinski definition) is 2. The van der Waals surface area contributed by atoms with Crippen molar-refractivity contribution in [3.8, 4) is 0 Å². The second kappa shape index (κ2) is 6.59. The number of aliphatic hydroxyl groups excluding tert-OH is 1. The van der Waals surface area contributed by atoms with Crippen LogP contribution < -0.4 is 5.32 Å². The van der Waals surface area contributed by atoms with Crippen molar-refractivity contribution < 1.29 is 5.11 Å². The molecule has 0 saturated heterocycles.